The smallest absolute Gasteiger partial charge is 0.109 e. The zero-order valence-electron chi connectivity index (χ0n) is 11.0. The van der Waals surface area contributed by atoms with E-state index in [0.717, 1.165) is 23.3 Å². The Labute approximate surface area is 98.1 Å². The summed E-state index contributed by atoms with van der Waals surface area (Å²) < 4.78 is 0. The molecule has 0 amide bonds. The van der Waals surface area contributed by atoms with E-state index < -0.39 is 0 Å². The maximum absolute atomic E-state index is 4.53. The lowest BCUT2D eigenvalue weighted by atomic mass is 10.1. The minimum Gasteiger partial charge on any atom is -0.342 e. The molecule has 0 spiro atoms. The number of fused-ring (bicyclic) bond motifs is 1. The molecule has 2 rings (SSSR count). The number of benzene rings is 1. The van der Waals surface area contributed by atoms with Gasteiger partial charge in [0.2, 0.25) is 0 Å². The molecule has 0 aliphatic carbocycles. The Morgan fingerprint density at radius 2 is 1.94 bits per heavy atom. The van der Waals surface area contributed by atoms with Crippen LogP contribution in [0.2, 0.25) is 0 Å². The molecule has 0 saturated carbocycles. The van der Waals surface area contributed by atoms with E-state index in [1.807, 2.05) is 13.8 Å². The lowest BCUT2D eigenvalue weighted by molar-refractivity contribution is 0.799. The Kier molecular flexibility index (Phi) is 4.53. The van der Waals surface area contributed by atoms with Crippen molar-refractivity contribution in [2.45, 2.75) is 47.0 Å². The Balaban J connectivity index is 0.000000606. The van der Waals surface area contributed by atoms with Gasteiger partial charge in [0.1, 0.15) is 5.82 Å². The quantitative estimate of drug-likeness (QED) is 0.801. The number of nitrogens with one attached hydrogen (secondary N) is 1. The topological polar surface area (TPSA) is 28.7 Å². The summed E-state index contributed by atoms with van der Waals surface area (Å²) in [4.78, 5) is 7.89. The SMILES string of the molecule is CC.CCc1ccc2nc(C(C)C)[nH]c2c1. The Morgan fingerprint density at radius 1 is 1.25 bits per heavy atom. The molecule has 0 radical (unpaired) electrons. The van der Waals surface area contributed by atoms with E-state index in [1.54, 1.807) is 0 Å². The largest absolute Gasteiger partial charge is 0.342 e. The first-order valence-electron chi connectivity index (χ1n) is 6.19. The zero-order valence-corrected chi connectivity index (χ0v) is 11.0. The molecule has 1 N–H and O–H groups in total. The summed E-state index contributed by atoms with van der Waals surface area (Å²) in [6.45, 7) is 10.5. The number of nitrogens with zero attached hydrogens (tertiary/aromatic N) is 1. The number of aromatic nitrogens is 2. The maximum Gasteiger partial charge on any atom is 0.109 e. The Morgan fingerprint density at radius 3 is 2.50 bits per heavy atom. The summed E-state index contributed by atoms with van der Waals surface area (Å²) in [5.74, 6) is 1.54. The van der Waals surface area contributed by atoms with Crippen LogP contribution >= 0.6 is 0 Å². The molecule has 0 bridgehead atoms. The number of H-pyrrole nitrogens is 1. The van der Waals surface area contributed by atoms with Crippen LogP contribution < -0.4 is 0 Å². The minimum atomic E-state index is 0.465. The molecular weight excluding hydrogens is 196 g/mol. The van der Waals surface area contributed by atoms with Gasteiger partial charge in [0.05, 0.1) is 11.0 Å². The van der Waals surface area contributed by atoms with Gasteiger partial charge >= 0.3 is 0 Å². The van der Waals surface area contributed by atoms with Crippen LogP contribution in [0, 0.1) is 0 Å². The van der Waals surface area contributed by atoms with Crippen LogP contribution in [0.5, 0.6) is 0 Å². The number of hydrogen-bond donors (Lipinski definition) is 1. The first kappa shape index (κ1) is 12.8. The van der Waals surface area contributed by atoms with E-state index in [9.17, 15) is 0 Å². The summed E-state index contributed by atoms with van der Waals surface area (Å²) in [5.41, 5.74) is 3.59. The fourth-order valence-corrected chi connectivity index (χ4v) is 1.57. The summed E-state index contributed by atoms with van der Waals surface area (Å²) in [5, 5.41) is 0. The van der Waals surface area contributed by atoms with Gasteiger partial charge in [-0.25, -0.2) is 4.98 Å². The van der Waals surface area contributed by atoms with Crippen LogP contribution in [-0.4, -0.2) is 9.97 Å². The summed E-state index contributed by atoms with van der Waals surface area (Å²) in [6.07, 6.45) is 1.08. The normalized spacial score (nSPS) is 10.4. The molecule has 0 unspecified atom stereocenters. The van der Waals surface area contributed by atoms with E-state index in [1.165, 1.54) is 5.56 Å². The van der Waals surface area contributed by atoms with Gasteiger partial charge in [0.15, 0.2) is 0 Å². The average molecular weight is 218 g/mol. The molecule has 1 heterocycles. The van der Waals surface area contributed by atoms with E-state index in [-0.39, 0.29) is 0 Å². The molecule has 0 aliphatic heterocycles. The van der Waals surface area contributed by atoms with Crippen molar-refractivity contribution >= 4 is 11.0 Å². The molecule has 0 fully saturated rings. The second kappa shape index (κ2) is 5.69. The molecule has 2 aromatic rings. The van der Waals surface area contributed by atoms with Crippen LogP contribution in [-0.2, 0) is 6.42 Å². The van der Waals surface area contributed by atoms with Gasteiger partial charge in [-0.1, -0.05) is 40.7 Å². The Bertz CT molecular complexity index is 441. The molecule has 88 valence electrons. The van der Waals surface area contributed by atoms with Crippen LogP contribution in [0.4, 0.5) is 0 Å². The van der Waals surface area contributed by atoms with Crippen molar-refractivity contribution < 1.29 is 0 Å². The van der Waals surface area contributed by atoms with Gasteiger partial charge in [0.25, 0.3) is 0 Å². The predicted molar refractivity (Wildman–Crippen MR) is 70.9 cm³/mol. The number of aryl methyl sites for hydroxylation is 1. The van der Waals surface area contributed by atoms with Crippen LogP contribution in [0.15, 0.2) is 18.2 Å². The molecular formula is C14H22N2. The van der Waals surface area contributed by atoms with Crippen molar-refractivity contribution in [3.63, 3.8) is 0 Å². The molecule has 2 nitrogen and oxygen atoms in total. The summed E-state index contributed by atoms with van der Waals surface area (Å²) in [7, 11) is 0. The lowest BCUT2D eigenvalue weighted by Crippen LogP contribution is -1.88. The van der Waals surface area contributed by atoms with E-state index in [2.05, 4.69) is 48.9 Å². The van der Waals surface area contributed by atoms with Gasteiger partial charge in [0, 0.05) is 5.92 Å². The second-order valence-corrected chi connectivity index (χ2v) is 3.98. The summed E-state index contributed by atoms with van der Waals surface area (Å²) in [6, 6.07) is 6.43. The Hall–Kier alpha value is -1.31. The number of hydrogen-bond acceptors (Lipinski definition) is 1. The van der Waals surface area contributed by atoms with Crippen molar-refractivity contribution in [3.8, 4) is 0 Å². The second-order valence-electron chi connectivity index (χ2n) is 3.98. The highest BCUT2D eigenvalue weighted by atomic mass is 14.9. The first-order chi connectivity index (χ1) is 7.70. The van der Waals surface area contributed by atoms with E-state index >= 15 is 0 Å². The minimum absolute atomic E-state index is 0.465. The van der Waals surface area contributed by atoms with Gasteiger partial charge in [-0.15, -0.1) is 0 Å². The molecule has 1 aromatic heterocycles. The number of imidazole rings is 1. The zero-order chi connectivity index (χ0) is 12.1. The highest BCUT2D eigenvalue weighted by molar-refractivity contribution is 5.75. The van der Waals surface area contributed by atoms with Gasteiger partial charge in [-0.05, 0) is 24.1 Å². The fraction of sp³-hybridized carbons (Fsp3) is 0.500. The fourth-order valence-electron chi connectivity index (χ4n) is 1.57. The standard InChI is InChI=1S/C12H16N2.C2H6/c1-4-9-5-6-10-11(7-9)14-12(13-10)8(2)3;1-2/h5-8H,4H2,1-3H3,(H,13,14);1-2H3. The van der Waals surface area contributed by atoms with Gasteiger partial charge in [-0.3, -0.25) is 0 Å². The predicted octanol–water partition coefficient (Wildman–Crippen LogP) is 4.27. The van der Waals surface area contributed by atoms with E-state index in [0.29, 0.717) is 5.92 Å². The highest BCUT2D eigenvalue weighted by Gasteiger charge is 2.05. The van der Waals surface area contributed by atoms with Crippen molar-refractivity contribution in [2.24, 2.45) is 0 Å². The molecule has 0 aliphatic rings. The third-order valence-corrected chi connectivity index (χ3v) is 2.52. The van der Waals surface area contributed by atoms with Crippen LogP contribution in [0.25, 0.3) is 11.0 Å². The molecule has 16 heavy (non-hydrogen) atoms. The van der Waals surface area contributed by atoms with Gasteiger partial charge < -0.3 is 4.98 Å². The lowest BCUT2D eigenvalue weighted by Gasteiger charge is -1.96. The number of rotatable bonds is 2. The van der Waals surface area contributed by atoms with Crippen LogP contribution in [0.1, 0.15) is 51.9 Å². The maximum atomic E-state index is 4.53. The third-order valence-electron chi connectivity index (χ3n) is 2.52. The monoisotopic (exact) mass is 218 g/mol. The van der Waals surface area contributed by atoms with Crippen LogP contribution in [0.3, 0.4) is 0 Å². The van der Waals surface area contributed by atoms with Crippen molar-refractivity contribution in [1.82, 2.24) is 9.97 Å². The highest BCUT2D eigenvalue weighted by Crippen LogP contribution is 2.18. The van der Waals surface area contributed by atoms with E-state index in [4.69, 9.17) is 0 Å². The van der Waals surface area contributed by atoms with Gasteiger partial charge in [-0.2, -0.15) is 0 Å². The summed E-state index contributed by atoms with van der Waals surface area (Å²) >= 11 is 0. The van der Waals surface area contributed by atoms with Crippen molar-refractivity contribution in [2.75, 3.05) is 0 Å². The molecule has 1 aromatic carbocycles. The molecule has 2 heteroatoms. The van der Waals surface area contributed by atoms with Crippen molar-refractivity contribution in [1.29, 1.82) is 0 Å². The first-order valence-corrected chi connectivity index (χ1v) is 6.19. The third kappa shape index (κ3) is 2.63. The molecule has 0 saturated heterocycles. The number of aromatic amines is 1. The molecule has 0 atom stereocenters. The average Bonchev–Trinajstić information content (AvgIpc) is 2.74. The van der Waals surface area contributed by atoms with Crippen molar-refractivity contribution in [3.05, 3.63) is 29.6 Å².